The number of nitrogens with one attached hydrogen (secondary N) is 1. The van der Waals surface area contributed by atoms with Crippen molar-refractivity contribution in [3.8, 4) is 0 Å². The minimum Gasteiger partial charge on any atom is -0.393 e. The molecule has 1 aliphatic rings. The summed E-state index contributed by atoms with van der Waals surface area (Å²) in [7, 11) is 0. The highest BCUT2D eigenvalue weighted by atomic mass is 35.5. The van der Waals surface area contributed by atoms with Crippen molar-refractivity contribution in [2.45, 2.75) is 37.7 Å². The highest BCUT2D eigenvalue weighted by molar-refractivity contribution is 6.17. The molecular weight excluding hydrogens is 262 g/mol. The third-order valence-electron chi connectivity index (χ3n) is 3.68. The average Bonchev–Trinajstić information content (AvgIpc) is 2.45. The molecule has 0 bridgehead atoms. The van der Waals surface area contributed by atoms with Gasteiger partial charge in [0.2, 0.25) is 0 Å². The lowest BCUT2D eigenvalue weighted by atomic mass is 9.87. The second-order valence-electron chi connectivity index (χ2n) is 5.23. The molecule has 0 radical (unpaired) electrons. The van der Waals surface area contributed by atoms with Crippen LogP contribution in [0.5, 0.6) is 0 Å². The summed E-state index contributed by atoms with van der Waals surface area (Å²) < 4.78 is 0. The van der Waals surface area contributed by atoms with Gasteiger partial charge in [0.1, 0.15) is 0 Å². The summed E-state index contributed by atoms with van der Waals surface area (Å²) >= 11 is 5.71. The van der Waals surface area contributed by atoms with E-state index in [0.29, 0.717) is 23.9 Å². The third-order valence-corrected chi connectivity index (χ3v) is 3.99. The topological polar surface area (TPSA) is 49.3 Å². The lowest BCUT2D eigenvalue weighted by Gasteiger charge is -2.25. The number of aliphatic hydroxyl groups is 1. The molecule has 0 aliphatic heterocycles. The first-order chi connectivity index (χ1) is 9.19. The Kier molecular flexibility index (Phi) is 5.23. The molecule has 104 valence electrons. The first-order valence-electron chi connectivity index (χ1n) is 6.80. The first-order valence-corrected chi connectivity index (χ1v) is 7.33. The Morgan fingerprint density at radius 3 is 2.68 bits per heavy atom. The molecule has 1 saturated carbocycles. The van der Waals surface area contributed by atoms with Crippen LogP contribution in [-0.2, 0) is 5.88 Å². The van der Waals surface area contributed by atoms with Gasteiger partial charge in [-0.25, -0.2) is 0 Å². The molecule has 1 aromatic carbocycles. The van der Waals surface area contributed by atoms with Crippen LogP contribution in [0.15, 0.2) is 24.3 Å². The number of amides is 1. The Morgan fingerprint density at radius 2 is 2.05 bits per heavy atom. The van der Waals surface area contributed by atoms with Crippen LogP contribution in [0.4, 0.5) is 0 Å². The van der Waals surface area contributed by atoms with Crippen LogP contribution in [0.1, 0.15) is 41.6 Å². The normalized spacial score (nSPS) is 23.1. The Hall–Kier alpha value is -1.06. The van der Waals surface area contributed by atoms with Crippen molar-refractivity contribution in [2.75, 3.05) is 6.54 Å². The van der Waals surface area contributed by atoms with Gasteiger partial charge in [-0.2, -0.15) is 0 Å². The van der Waals surface area contributed by atoms with Gasteiger partial charge in [-0.05, 0) is 42.9 Å². The van der Waals surface area contributed by atoms with Crippen LogP contribution < -0.4 is 5.32 Å². The molecule has 0 aromatic heterocycles. The number of rotatable bonds is 4. The molecule has 1 aromatic rings. The third kappa shape index (κ3) is 4.22. The van der Waals surface area contributed by atoms with Crippen molar-refractivity contribution in [1.29, 1.82) is 0 Å². The first kappa shape index (κ1) is 14.4. The zero-order chi connectivity index (χ0) is 13.7. The maximum atomic E-state index is 12.0. The molecule has 4 heteroatoms. The van der Waals surface area contributed by atoms with Crippen LogP contribution in [0.25, 0.3) is 0 Å². The molecule has 2 unspecified atom stereocenters. The number of hydrogen-bond donors (Lipinski definition) is 2. The molecule has 0 saturated heterocycles. The van der Waals surface area contributed by atoms with E-state index >= 15 is 0 Å². The number of halogens is 1. The van der Waals surface area contributed by atoms with E-state index in [1.54, 1.807) is 12.1 Å². The highest BCUT2D eigenvalue weighted by Crippen LogP contribution is 2.23. The van der Waals surface area contributed by atoms with E-state index in [9.17, 15) is 9.90 Å². The summed E-state index contributed by atoms with van der Waals surface area (Å²) in [4.78, 5) is 12.0. The maximum absolute atomic E-state index is 12.0. The Balaban J connectivity index is 1.83. The number of benzene rings is 1. The summed E-state index contributed by atoms with van der Waals surface area (Å²) in [5.41, 5.74) is 1.67. The fourth-order valence-electron chi connectivity index (χ4n) is 2.53. The average molecular weight is 282 g/mol. The largest absolute Gasteiger partial charge is 0.393 e. The van der Waals surface area contributed by atoms with E-state index in [1.165, 1.54) is 0 Å². The zero-order valence-electron chi connectivity index (χ0n) is 10.9. The van der Waals surface area contributed by atoms with Crippen LogP contribution in [0.2, 0.25) is 0 Å². The Morgan fingerprint density at radius 1 is 1.32 bits per heavy atom. The smallest absolute Gasteiger partial charge is 0.251 e. The second-order valence-corrected chi connectivity index (χ2v) is 5.49. The van der Waals surface area contributed by atoms with Crippen molar-refractivity contribution < 1.29 is 9.90 Å². The monoisotopic (exact) mass is 281 g/mol. The standard InChI is InChI=1S/C15H20ClNO2/c16-9-11-4-6-13(7-5-11)15(19)17-10-12-2-1-3-14(18)8-12/h4-7,12,14,18H,1-3,8-10H2,(H,17,19). The summed E-state index contributed by atoms with van der Waals surface area (Å²) in [6, 6.07) is 7.32. The number of carbonyl (C=O) groups excluding carboxylic acids is 1. The number of hydrogen-bond acceptors (Lipinski definition) is 2. The van der Waals surface area contributed by atoms with Crippen LogP contribution in [0, 0.1) is 5.92 Å². The minimum absolute atomic E-state index is 0.0545. The van der Waals surface area contributed by atoms with Gasteiger partial charge in [0.15, 0.2) is 0 Å². The van der Waals surface area contributed by atoms with E-state index in [-0.39, 0.29) is 12.0 Å². The molecule has 2 N–H and O–H groups in total. The second kappa shape index (κ2) is 6.92. The molecular formula is C15H20ClNO2. The van der Waals surface area contributed by atoms with E-state index in [1.807, 2.05) is 12.1 Å². The van der Waals surface area contributed by atoms with Gasteiger partial charge in [-0.15, -0.1) is 11.6 Å². The summed E-state index contributed by atoms with van der Waals surface area (Å²) in [6.45, 7) is 0.646. The fraction of sp³-hybridized carbons (Fsp3) is 0.533. The number of aliphatic hydroxyl groups excluding tert-OH is 1. The predicted octanol–water partition coefficient (Wildman–Crippen LogP) is 2.71. The van der Waals surface area contributed by atoms with Crippen molar-refractivity contribution >= 4 is 17.5 Å². The molecule has 1 amide bonds. The van der Waals surface area contributed by atoms with Crippen LogP contribution in [0.3, 0.4) is 0 Å². The SMILES string of the molecule is O=C(NCC1CCCC(O)C1)c1ccc(CCl)cc1. The van der Waals surface area contributed by atoms with E-state index < -0.39 is 0 Å². The highest BCUT2D eigenvalue weighted by Gasteiger charge is 2.20. The van der Waals surface area contributed by atoms with Crippen LogP contribution in [-0.4, -0.2) is 23.7 Å². The fourth-order valence-corrected chi connectivity index (χ4v) is 2.71. The summed E-state index contributed by atoms with van der Waals surface area (Å²) in [5.74, 6) is 0.804. The van der Waals surface area contributed by atoms with Gasteiger partial charge in [0, 0.05) is 18.0 Å². The van der Waals surface area contributed by atoms with Crippen molar-refractivity contribution in [1.82, 2.24) is 5.32 Å². The molecule has 2 atom stereocenters. The Bertz CT molecular complexity index is 419. The quantitative estimate of drug-likeness (QED) is 0.834. The lowest BCUT2D eigenvalue weighted by molar-refractivity contribution is 0.0874. The van der Waals surface area contributed by atoms with Gasteiger partial charge < -0.3 is 10.4 Å². The van der Waals surface area contributed by atoms with Crippen LogP contribution >= 0.6 is 11.6 Å². The molecule has 19 heavy (non-hydrogen) atoms. The van der Waals surface area contributed by atoms with Gasteiger partial charge >= 0.3 is 0 Å². The van der Waals surface area contributed by atoms with E-state index in [0.717, 1.165) is 31.2 Å². The van der Waals surface area contributed by atoms with Gasteiger partial charge in [-0.1, -0.05) is 18.6 Å². The summed E-state index contributed by atoms with van der Waals surface area (Å²) in [6.07, 6.45) is 3.63. The lowest BCUT2D eigenvalue weighted by Crippen LogP contribution is -2.32. The number of carbonyl (C=O) groups is 1. The molecule has 1 fully saturated rings. The molecule has 0 heterocycles. The van der Waals surface area contributed by atoms with Crippen molar-refractivity contribution in [2.24, 2.45) is 5.92 Å². The molecule has 2 rings (SSSR count). The predicted molar refractivity (Wildman–Crippen MR) is 76.3 cm³/mol. The van der Waals surface area contributed by atoms with Gasteiger partial charge in [0.05, 0.1) is 6.10 Å². The summed E-state index contributed by atoms with van der Waals surface area (Å²) in [5, 5.41) is 12.5. The van der Waals surface area contributed by atoms with Crippen molar-refractivity contribution in [3.63, 3.8) is 0 Å². The van der Waals surface area contributed by atoms with Gasteiger partial charge in [0.25, 0.3) is 5.91 Å². The van der Waals surface area contributed by atoms with E-state index in [2.05, 4.69) is 5.32 Å². The number of alkyl halides is 1. The molecule has 3 nitrogen and oxygen atoms in total. The molecule has 0 spiro atoms. The zero-order valence-corrected chi connectivity index (χ0v) is 11.7. The maximum Gasteiger partial charge on any atom is 0.251 e. The van der Waals surface area contributed by atoms with Gasteiger partial charge in [-0.3, -0.25) is 4.79 Å². The van der Waals surface area contributed by atoms with Crippen molar-refractivity contribution in [3.05, 3.63) is 35.4 Å². The minimum atomic E-state index is -0.196. The van der Waals surface area contributed by atoms with E-state index in [4.69, 9.17) is 11.6 Å². The molecule has 1 aliphatic carbocycles. The Labute approximate surface area is 119 Å².